The molecule has 0 atom stereocenters. The highest BCUT2D eigenvalue weighted by Crippen LogP contribution is 2.28. The average Bonchev–Trinajstić information content (AvgIpc) is 2.75. The third kappa shape index (κ3) is 1.82. The highest BCUT2D eigenvalue weighted by Gasteiger charge is 2.17. The molecule has 0 saturated carbocycles. The molecule has 18 heavy (non-hydrogen) atoms. The van der Waals surface area contributed by atoms with Gasteiger partial charge in [0.1, 0.15) is 5.75 Å². The first-order valence-corrected chi connectivity index (χ1v) is 6.64. The Morgan fingerprint density at radius 1 is 1.06 bits per heavy atom. The van der Waals surface area contributed by atoms with E-state index in [1.54, 1.807) is 7.11 Å². The molecule has 0 unspecified atom stereocenters. The van der Waals surface area contributed by atoms with Gasteiger partial charge in [-0.3, -0.25) is 0 Å². The second-order valence-electron chi connectivity index (χ2n) is 5.00. The van der Waals surface area contributed by atoms with Crippen molar-refractivity contribution in [1.29, 1.82) is 0 Å². The first kappa shape index (κ1) is 11.4. The van der Waals surface area contributed by atoms with Crippen molar-refractivity contribution in [3.05, 3.63) is 47.3 Å². The molecule has 0 bridgehead atoms. The lowest BCUT2D eigenvalue weighted by molar-refractivity contribution is 0.414. The van der Waals surface area contributed by atoms with Gasteiger partial charge in [0.2, 0.25) is 0 Å². The standard InChI is InChI=1S/C16H19NO/c1-12-11-13-5-3-4-6-16(13)17(12)14-7-9-15(18-2)10-8-14/h7-11H,3-6H2,1-2H3. The number of benzene rings is 1. The summed E-state index contributed by atoms with van der Waals surface area (Å²) in [5, 5.41) is 0. The van der Waals surface area contributed by atoms with E-state index < -0.39 is 0 Å². The average molecular weight is 241 g/mol. The molecule has 94 valence electrons. The number of hydrogen-bond donors (Lipinski definition) is 0. The maximum atomic E-state index is 5.22. The predicted molar refractivity (Wildman–Crippen MR) is 73.7 cm³/mol. The van der Waals surface area contributed by atoms with Crippen LogP contribution in [0.3, 0.4) is 0 Å². The molecule has 2 nitrogen and oxygen atoms in total. The molecule has 1 aliphatic carbocycles. The zero-order chi connectivity index (χ0) is 12.5. The van der Waals surface area contributed by atoms with Gasteiger partial charge in [0.05, 0.1) is 7.11 Å². The Bertz CT molecular complexity index is 551. The molecule has 1 aliphatic rings. The van der Waals surface area contributed by atoms with Crippen LogP contribution in [0.15, 0.2) is 30.3 Å². The van der Waals surface area contributed by atoms with E-state index in [0.29, 0.717) is 0 Å². The highest BCUT2D eigenvalue weighted by atomic mass is 16.5. The van der Waals surface area contributed by atoms with Gasteiger partial charge in [0, 0.05) is 17.1 Å². The molecule has 1 aromatic heterocycles. The van der Waals surface area contributed by atoms with Crippen molar-refractivity contribution in [1.82, 2.24) is 4.57 Å². The zero-order valence-corrected chi connectivity index (χ0v) is 11.1. The van der Waals surface area contributed by atoms with E-state index in [1.165, 1.54) is 48.3 Å². The fourth-order valence-electron chi connectivity index (χ4n) is 2.94. The van der Waals surface area contributed by atoms with Gasteiger partial charge < -0.3 is 9.30 Å². The topological polar surface area (TPSA) is 14.2 Å². The minimum atomic E-state index is 0.914. The number of rotatable bonds is 2. The molecule has 0 spiro atoms. The Morgan fingerprint density at radius 2 is 1.78 bits per heavy atom. The molecule has 1 heterocycles. The van der Waals surface area contributed by atoms with Gasteiger partial charge >= 0.3 is 0 Å². The van der Waals surface area contributed by atoms with Gasteiger partial charge in [-0.1, -0.05) is 0 Å². The van der Waals surface area contributed by atoms with E-state index in [9.17, 15) is 0 Å². The van der Waals surface area contributed by atoms with Crippen molar-refractivity contribution >= 4 is 0 Å². The minimum Gasteiger partial charge on any atom is -0.497 e. The second kappa shape index (κ2) is 4.52. The molecule has 1 aromatic carbocycles. The number of aromatic nitrogens is 1. The lowest BCUT2D eigenvalue weighted by Gasteiger charge is -2.16. The van der Waals surface area contributed by atoms with Gasteiger partial charge in [0.15, 0.2) is 0 Å². The Balaban J connectivity index is 2.07. The van der Waals surface area contributed by atoms with E-state index >= 15 is 0 Å². The van der Waals surface area contributed by atoms with Crippen LogP contribution in [0.1, 0.15) is 29.8 Å². The van der Waals surface area contributed by atoms with E-state index in [1.807, 2.05) is 12.1 Å². The van der Waals surface area contributed by atoms with Gasteiger partial charge in [-0.15, -0.1) is 0 Å². The Morgan fingerprint density at radius 3 is 2.50 bits per heavy atom. The molecule has 0 radical (unpaired) electrons. The van der Waals surface area contributed by atoms with Crippen molar-refractivity contribution in [2.75, 3.05) is 7.11 Å². The minimum absolute atomic E-state index is 0.914. The van der Waals surface area contributed by atoms with Gasteiger partial charge in [-0.25, -0.2) is 0 Å². The normalized spacial score (nSPS) is 14.3. The summed E-state index contributed by atoms with van der Waals surface area (Å²) in [5.41, 5.74) is 5.63. The third-order valence-electron chi connectivity index (χ3n) is 3.82. The number of nitrogens with zero attached hydrogens (tertiary/aromatic N) is 1. The number of hydrogen-bond acceptors (Lipinski definition) is 1. The summed E-state index contributed by atoms with van der Waals surface area (Å²) in [6.45, 7) is 2.20. The summed E-state index contributed by atoms with van der Waals surface area (Å²) in [5.74, 6) is 0.914. The maximum absolute atomic E-state index is 5.22. The van der Waals surface area contributed by atoms with E-state index in [0.717, 1.165) is 5.75 Å². The first-order chi connectivity index (χ1) is 8.79. The van der Waals surface area contributed by atoms with Crippen LogP contribution in [0.5, 0.6) is 5.75 Å². The van der Waals surface area contributed by atoms with Crippen LogP contribution in [-0.4, -0.2) is 11.7 Å². The lowest BCUT2D eigenvalue weighted by atomic mass is 9.98. The molecule has 0 N–H and O–H groups in total. The summed E-state index contributed by atoms with van der Waals surface area (Å²) in [6, 6.07) is 10.7. The van der Waals surface area contributed by atoms with Crippen LogP contribution in [0.4, 0.5) is 0 Å². The Kier molecular flexibility index (Phi) is 2.86. The van der Waals surface area contributed by atoms with Crippen molar-refractivity contribution in [3.8, 4) is 11.4 Å². The molecular weight excluding hydrogens is 222 g/mol. The molecule has 0 saturated heterocycles. The van der Waals surface area contributed by atoms with Crippen LogP contribution < -0.4 is 4.74 Å². The fraction of sp³-hybridized carbons (Fsp3) is 0.375. The van der Waals surface area contributed by atoms with E-state index in [-0.39, 0.29) is 0 Å². The Hall–Kier alpha value is -1.70. The van der Waals surface area contributed by atoms with Gasteiger partial charge in [-0.2, -0.15) is 0 Å². The molecule has 3 rings (SSSR count). The van der Waals surface area contributed by atoms with Crippen LogP contribution in [0, 0.1) is 6.92 Å². The number of aryl methyl sites for hydroxylation is 2. The number of fused-ring (bicyclic) bond motifs is 1. The van der Waals surface area contributed by atoms with Crippen molar-refractivity contribution in [3.63, 3.8) is 0 Å². The lowest BCUT2D eigenvalue weighted by Crippen LogP contribution is -2.07. The van der Waals surface area contributed by atoms with Crippen molar-refractivity contribution in [2.24, 2.45) is 0 Å². The molecule has 0 amide bonds. The van der Waals surface area contributed by atoms with Crippen LogP contribution >= 0.6 is 0 Å². The van der Waals surface area contributed by atoms with E-state index in [2.05, 4.69) is 29.7 Å². The van der Waals surface area contributed by atoms with Crippen molar-refractivity contribution in [2.45, 2.75) is 32.6 Å². The summed E-state index contributed by atoms with van der Waals surface area (Å²) in [6.07, 6.45) is 5.08. The van der Waals surface area contributed by atoms with Crippen LogP contribution in [-0.2, 0) is 12.8 Å². The molecular formula is C16H19NO. The summed E-state index contributed by atoms with van der Waals surface area (Å²) < 4.78 is 7.62. The molecule has 0 fully saturated rings. The second-order valence-corrected chi connectivity index (χ2v) is 5.00. The van der Waals surface area contributed by atoms with E-state index in [4.69, 9.17) is 4.74 Å². The zero-order valence-electron chi connectivity index (χ0n) is 11.1. The molecule has 2 heteroatoms. The Labute approximate surface area is 108 Å². The van der Waals surface area contributed by atoms with Crippen LogP contribution in [0.25, 0.3) is 5.69 Å². The SMILES string of the molecule is COc1ccc(-n2c(C)cc3c2CCCC3)cc1. The highest BCUT2D eigenvalue weighted by molar-refractivity contribution is 5.44. The predicted octanol–water partition coefficient (Wildman–Crippen LogP) is 3.67. The molecule has 2 aromatic rings. The summed E-state index contributed by atoms with van der Waals surface area (Å²) in [4.78, 5) is 0. The van der Waals surface area contributed by atoms with Gasteiger partial charge in [-0.05, 0) is 68.5 Å². The smallest absolute Gasteiger partial charge is 0.119 e. The third-order valence-corrected chi connectivity index (χ3v) is 3.82. The largest absolute Gasteiger partial charge is 0.497 e. The number of ether oxygens (including phenoxy) is 1. The van der Waals surface area contributed by atoms with Gasteiger partial charge in [0.25, 0.3) is 0 Å². The van der Waals surface area contributed by atoms with Crippen molar-refractivity contribution < 1.29 is 4.74 Å². The fourth-order valence-corrected chi connectivity index (χ4v) is 2.94. The van der Waals surface area contributed by atoms with Crippen LogP contribution in [0.2, 0.25) is 0 Å². The first-order valence-electron chi connectivity index (χ1n) is 6.64. The monoisotopic (exact) mass is 241 g/mol. The maximum Gasteiger partial charge on any atom is 0.119 e. The molecule has 0 aliphatic heterocycles. The summed E-state index contributed by atoms with van der Waals surface area (Å²) in [7, 11) is 1.71. The summed E-state index contributed by atoms with van der Waals surface area (Å²) >= 11 is 0. The quantitative estimate of drug-likeness (QED) is 0.782. The number of methoxy groups -OCH3 is 1.